The molecule has 0 radical (unpaired) electrons. The molecule has 1 heterocycles. The Kier molecular flexibility index (Phi) is 3.48. The molecule has 0 amide bonds. The summed E-state index contributed by atoms with van der Waals surface area (Å²) in [5, 5.41) is 11.1. The molecule has 8 heteroatoms. The zero-order chi connectivity index (χ0) is 14.0. The molecule has 1 aromatic heterocycles. The van der Waals surface area contributed by atoms with E-state index in [1.807, 2.05) is 6.92 Å². The van der Waals surface area contributed by atoms with E-state index in [-0.39, 0.29) is 17.5 Å². The summed E-state index contributed by atoms with van der Waals surface area (Å²) >= 11 is 5.85. The summed E-state index contributed by atoms with van der Waals surface area (Å²) in [4.78, 5) is 17.4. The van der Waals surface area contributed by atoms with Crippen molar-refractivity contribution in [3.8, 4) is 11.8 Å². The Morgan fingerprint density at radius 3 is 2.84 bits per heavy atom. The van der Waals surface area contributed by atoms with Gasteiger partial charge in [0.1, 0.15) is 11.9 Å². The van der Waals surface area contributed by atoms with Crippen LogP contribution in [0.25, 0.3) is 0 Å². The van der Waals surface area contributed by atoms with Crippen molar-refractivity contribution in [2.24, 2.45) is 0 Å². The number of nitrogen functional groups attached to an aromatic ring is 1. The van der Waals surface area contributed by atoms with Crippen molar-refractivity contribution in [3.05, 3.63) is 45.1 Å². The monoisotopic (exact) mass is 280 g/mol. The molecule has 0 aliphatic heterocycles. The first kappa shape index (κ1) is 13.0. The maximum Gasteiger partial charge on any atom is 0.329 e. The highest BCUT2D eigenvalue weighted by atomic mass is 35.5. The number of ether oxygens (including phenoxy) is 1. The van der Waals surface area contributed by atoms with Gasteiger partial charge in [0.2, 0.25) is 5.82 Å². The third kappa shape index (κ3) is 2.89. The molecule has 0 aliphatic carbocycles. The van der Waals surface area contributed by atoms with Crippen LogP contribution in [-0.4, -0.2) is 14.9 Å². The number of nitro groups is 1. The van der Waals surface area contributed by atoms with Crippen molar-refractivity contribution >= 4 is 23.1 Å². The minimum absolute atomic E-state index is 0.0755. The van der Waals surface area contributed by atoms with E-state index in [9.17, 15) is 10.1 Å². The fraction of sp³-hybridized carbons (Fsp3) is 0.0909. The molecule has 7 nitrogen and oxygen atoms in total. The molecule has 19 heavy (non-hydrogen) atoms. The maximum atomic E-state index is 10.6. The molecule has 0 aliphatic rings. The van der Waals surface area contributed by atoms with Crippen molar-refractivity contribution in [2.45, 2.75) is 6.92 Å². The fourth-order valence-electron chi connectivity index (χ4n) is 1.34. The van der Waals surface area contributed by atoms with E-state index in [4.69, 9.17) is 22.1 Å². The van der Waals surface area contributed by atoms with Crippen LogP contribution in [0.4, 0.5) is 11.5 Å². The SMILES string of the molecule is Cc1ccc(Cl)cc1Oc1ncc([N+](=O)[O-])c(N)n1. The Labute approximate surface area is 113 Å². The van der Waals surface area contributed by atoms with E-state index >= 15 is 0 Å². The number of hydrogen-bond donors (Lipinski definition) is 1. The highest BCUT2D eigenvalue weighted by Crippen LogP contribution is 2.27. The second-order valence-electron chi connectivity index (χ2n) is 3.69. The van der Waals surface area contributed by atoms with Gasteiger partial charge in [-0.15, -0.1) is 0 Å². The van der Waals surface area contributed by atoms with Gasteiger partial charge in [0.05, 0.1) is 4.92 Å². The van der Waals surface area contributed by atoms with Crippen LogP contribution in [0.2, 0.25) is 5.02 Å². The average Bonchev–Trinajstić information content (AvgIpc) is 2.33. The van der Waals surface area contributed by atoms with E-state index in [1.165, 1.54) is 0 Å². The summed E-state index contributed by atoms with van der Waals surface area (Å²) in [6, 6.07) is 5.01. The standard InChI is InChI=1S/C11H9ClN4O3/c1-6-2-3-7(12)4-9(6)19-11-14-5-8(16(17)18)10(13)15-11/h2-5H,1H3,(H2,13,14,15). The maximum absolute atomic E-state index is 10.6. The Balaban J connectivity index is 2.31. The molecular weight excluding hydrogens is 272 g/mol. The summed E-state index contributed by atoms with van der Waals surface area (Å²) < 4.78 is 5.40. The lowest BCUT2D eigenvalue weighted by Crippen LogP contribution is -2.02. The second-order valence-corrected chi connectivity index (χ2v) is 4.13. The number of hydrogen-bond acceptors (Lipinski definition) is 6. The number of halogens is 1. The number of nitrogens with zero attached hydrogens (tertiary/aromatic N) is 3. The molecule has 0 spiro atoms. The van der Waals surface area contributed by atoms with Crippen molar-refractivity contribution in [2.75, 3.05) is 5.73 Å². The third-order valence-electron chi connectivity index (χ3n) is 2.32. The lowest BCUT2D eigenvalue weighted by molar-refractivity contribution is -0.384. The summed E-state index contributed by atoms with van der Waals surface area (Å²) in [7, 11) is 0. The van der Waals surface area contributed by atoms with E-state index in [0.29, 0.717) is 10.8 Å². The third-order valence-corrected chi connectivity index (χ3v) is 2.56. The Morgan fingerprint density at radius 2 is 2.21 bits per heavy atom. The highest BCUT2D eigenvalue weighted by molar-refractivity contribution is 6.30. The van der Waals surface area contributed by atoms with Crippen molar-refractivity contribution < 1.29 is 9.66 Å². The lowest BCUT2D eigenvalue weighted by atomic mass is 10.2. The van der Waals surface area contributed by atoms with Gasteiger partial charge in [-0.3, -0.25) is 10.1 Å². The molecular formula is C11H9ClN4O3. The van der Waals surface area contributed by atoms with Crippen LogP contribution in [-0.2, 0) is 0 Å². The van der Waals surface area contributed by atoms with Crippen molar-refractivity contribution in [3.63, 3.8) is 0 Å². The molecule has 0 saturated heterocycles. The van der Waals surface area contributed by atoms with E-state index < -0.39 is 4.92 Å². The average molecular weight is 281 g/mol. The molecule has 0 atom stereocenters. The van der Waals surface area contributed by atoms with Gasteiger partial charge in [-0.05, 0) is 24.6 Å². The van der Waals surface area contributed by atoms with Gasteiger partial charge < -0.3 is 10.5 Å². The molecule has 1 aromatic carbocycles. The Morgan fingerprint density at radius 1 is 1.47 bits per heavy atom. The van der Waals surface area contributed by atoms with Crippen LogP contribution in [0.15, 0.2) is 24.4 Å². The van der Waals surface area contributed by atoms with Crippen molar-refractivity contribution in [1.82, 2.24) is 9.97 Å². The van der Waals surface area contributed by atoms with Gasteiger partial charge in [-0.1, -0.05) is 17.7 Å². The number of rotatable bonds is 3. The summed E-state index contributed by atoms with van der Waals surface area (Å²) in [5.74, 6) is 0.204. The fourth-order valence-corrected chi connectivity index (χ4v) is 1.51. The molecule has 0 fully saturated rings. The van der Waals surface area contributed by atoms with Gasteiger partial charge in [0, 0.05) is 5.02 Å². The lowest BCUT2D eigenvalue weighted by Gasteiger charge is -2.07. The molecule has 0 unspecified atom stereocenters. The second kappa shape index (κ2) is 5.07. The Hall–Kier alpha value is -2.41. The number of benzene rings is 1. The number of aromatic nitrogens is 2. The van der Waals surface area contributed by atoms with Crippen LogP contribution < -0.4 is 10.5 Å². The normalized spacial score (nSPS) is 10.2. The smallest absolute Gasteiger partial charge is 0.329 e. The summed E-state index contributed by atoms with van der Waals surface area (Å²) in [5.41, 5.74) is 5.90. The largest absolute Gasteiger partial charge is 0.424 e. The van der Waals surface area contributed by atoms with Crippen LogP contribution in [0.1, 0.15) is 5.56 Å². The molecule has 0 saturated carbocycles. The Bertz CT molecular complexity index is 648. The first-order chi connectivity index (χ1) is 8.97. The van der Waals surface area contributed by atoms with Gasteiger partial charge in [-0.2, -0.15) is 9.97 Å². The number of anilines is 1. The van der Waals surface area contributed by atoms with E-state index in [2.05, 4.69) is 9.97 Å². The number of aryl methyl sites for hydroxylation is 1. The summed E-state index contributed by atoms with van der Waals surface area (Å²) in [6.07, 6.45) is 0.998. The van der Waals surface area contributed by atoms with E-state index in [1.54, 1.807) is 18.2 Å². The van der Waals surface area contributed by atoms with Gasteiger partial charge in [0.25, 0.3) is 0 Å². The van der Waals surface area contributed by atoms with Crippen LogP contribution in [0, 0.1) is 17.0 Å². The first-order valence-electron chi connectivity index (χ1n) is 5.18. The molecule has 2 rings (SSSR count). The van der Waals surface area contributed by atoms with Crippen molar-refractivity contribution in [1.29, 1.82) is 0 Å². The molecule has 0 bridgehead atoms. The minimum Gasteiger partial charge on any atom is -0.424 e. The molecule has 98 valence electrons. The van der Waals surface area contributed by atoms with Crippen LogP contribution >= 0.6 is 11.6 Å². The topological polar surface area (TPSA) is 104 Å². The van der Waals surface area contributed by atoms with Crippen LogP contribution in [0.5, 0.6) is 11.8 Å². The summed E-state index contributed by atoms with van der Waals surface area (Å²) in [6.45, 7) is 1.82. The van der Waals surface area contributed by atoms with Crippen LogP contribution in [0.3, 0.4) is 0 Å². The molecule has 2 N–H and O–H groups in total. The minimum atomic E-state index is -0.663. The predicted octanol–water partition coefficient (Wildman–Crippen LogP) is 2.72. The number of nitrogens with two attached hydrogens (primary N) is 1. The highest BCUT2D eigenvalue weighted by Gasteiger charge is 2.15. The first-order valence-corrected chi connectivity index (χ1v) is 5.56. The zero-order valence-corrected chi connectivity index (χ0v) is 10.6. The van der Waals surface area contributed by atoms with E-state index in [0.717, 1.165) is 11.8 Å². The van der Waals surface area contributed by atoms with Gasteiger partial charge >= 0.3 is 11.7 Å². The quantitative estimate of drug-likeness (QED) is 0.684. The van der Waals surface area contributed by atoms with Gasteiger partial charge in [-0.25, -0.2) is 0 Å². The predicted molar refractivity (Wildman–Crippen MR) is 69.4 cm³/mol. The molecule has 2 aromatic rings. The zero-order valence-electron chi connectivity index (χ0n) is 9.83. The van der Waals surface area contributed by atoms with Gasteiger partial charge in [0.15, 0.2) is 0 Å².